The summed E-state index contributed by atoms with van der Waals surface area (Å²) in [4.78, 5) is 19.0. The van der Waals surface area contributed by atoms with Crippen LogP contribution in [-0.2, 0) is 11.3 Å². The van der Waals surface area contributed by atoms with Gasteiger partial charge >= 0.3 is 0 Å². The second-order valence-electron chi connectivity index (χ2n) is 6.22. The molecule has 5 heteroatoms. The van der Waals surface area contributed by atoms with Gasteiger partial charge in [0, 0.05) is 43.5 Å². The van der Waals surface area contributed by atoms with Gasteiger partial charge in [-0.15, -0.1) is 0 Å². The number of hydrogen-bond donors (Lipinski definition) is 1. The normalized spacial score (nSPS) is 30.1. The lowest BCUT2D eigenvalue weighted by atomic mass is 10.1. The van der Waals surface area contributed by atoms with E-state index >= 15 is 0 Å². The van der Waals surface area contributed by atoms with Crippen LogP contribution in [-0.4, -0.2) is 39.0 Å². The summed E-state index contributed by atoms with van der Waals surface area (Å²) in [6.45, 7) is 3.79. The molecule has 0 spiro atoms. The largest absolute Gasteiger partial charge is 0.338 e. The Hall–Kier alpha value is -1.36. The van der Waals surface area contributed by atoms with E-state index in [1.165, 1.54) is 0 Å². The lowest BCUT2D eigenvalue weighted by molar-refractivity contribution is -0.136. The standard InChI is InChI=1S/C15H24N4O/c1-11-17-6-8-18(11)10-14-3-2-7-19(14)15(20)12-4-5-13(16)9-12/h6,8,12-14H,2-5,7,9-10,16H2,1H3. The third kappa shape index (κ3) is 2.59. The van der Waals surface area contributed by atoms with Crippen molar-refractivity contribution in [2.75, 3.05) is 6.54 Å². The first-order valence-corrected chi connectivity index (χ1v) is 7.69. The Bertz CT molecular complexity index is 484. The van der Waals surface area contributed by atoms with Gasteiger partial charge in [0.1, 0.15) is 5.82 Å². The number of rotatable bonds is 3. The highest BCUT2D eigenvalue weighted by molar-refractivity contribution is 5.79. The Morgan fingerprint density at radius 1 is 1.45 bits per heavy atom. The zero-order valence-corrected chi connectivity index (χ0v) is 12.2. The van der Waals surface area contributed by atoms with Gasteiger partial charge in [0.05, 0.1) is 0 Å². The minimum absolute atomic E-state index is 0.162. The van der Waals surface area contributed by atoms with E-state index in [4.69, 9.17) is 5.73 Å². The van der Waals surface area contributed by atoms with Crippen molar-refractivity contribution in [2.24, 2.45) is 11.7 Å². The second kappa shape index (κ2) is 5.56. The summed E-state index contributed by atoms with van der Waals surface area (Å²) in [5, 5.41) is 0. The van der Waals surface area contributed by atoms with E-state index in [-0.39, 0.29) is 12.0 Å². The fourth-order valence-electron chi connectivity index (χ4n) is 3.61. The third-order valence-corrected chi connectivity index (χ3v) is 4.81. The lowest BCUT2D eigenvalue weighted by Gasteiger charge is -2.28. The maximum absolute atomic E-state index is 12.7. The molecule has 110 valence electrons. The first-order valence-electron chi connectivity index (χ1n) is 7.69. The number of hydrogen-bond acceptors (Lipinski definition) is 3. The van der Waals surface area contributed by atoms with Crippen LogP contribution in [0.5, 0.6) is 0 Å². The molecule has 2 heterocycles. The Labute approximate surface area is 120 Å². The van der Waals surface area contributed by atoms with Crippen molar-refractivity contribution in [3.63, 3.8) is 0 Å². The van der Waals surface area contributed by atoms with Gasteiger partial charge in [-0.1, -0.05) is 0 Å². The quantitative estimate of drug-likeness (QED) is 0.905. The Kier molecular flexibility index (Phi) is 3.78. The van der Waals surface area contributed by atoms with E-state index in [1.807, 2.05) is 19.3 Å². The molecule has 3 rings (SSSR count). The molecule has 1 aliphatic heterocycles. The van der Waals surface area contributed by atoms with Gasteiger partial charge in [-0.3, -0.25) is 4.79 Å². The molecular weight excluding hydrogens is 252 g/mol. The molecule has 0 bridgehead atoms. The van der Waals surface area contributed by atoms with E-state index < -0.39 is 0 Å². The summed E-state index contributed by atoms with van der Waals surface area (Å²) in [6, 6.07) is 0.549. The van der Waals surface area contributed by atoms with Gasteiger partial charge in [-0.05, 0) is 39.0 Å². The van der Waals surface area contributed by atoms with Crippen molar-refractivity contribution in [3.8, 4) is 0 Å². The summed E-state index contributed by atoms with van der Waals surface area (Å²) >= 11 is 0. The highest BCUT2D eigenvalue weighted by Gasteiger charge is 2.36. The molecule has 20 heavy (non-hydrogen) atoms. The van der Waals surface area contributed by atoms with Crippen molar-refractivity contribution in [1.29, 1.82) is 0 Å². The number of amides is 1. The highest BCUT2D eigenvalue weighted by Crippen LogP contribution is 2.29. The average molecular weight is 276 g/mol. The molecule has 1 aliphatic carbocycles. The molecule has 1 aromatic heterocycles. The summed E-state index contributed by atoms with van der Waals surface area (Å²) in [5.74, 6) is 1.51. The van der Waals surface area contributed by atoms with Crippen LogP contribution in [0.4, 0.5) is 0 Å². The first kappa shape index (κ1) is 13.6. The Balaban J connectivity index is 1.66. The predicted molar refractivity (Wildman–Crippen MR) is 77.0 cm³/mol. The molecule has 0 radical (unpaired) electrons. The lowest BCUT2D eigenvalue weighted by Crippen LogP contribution is -2.41. The van der Waals surface area contributed by atoms with Gasteiger partial charge in [0.25, 0.3) is 0 Å². The predicted octanol–water partition coefficient (Wildman–Crippen LogP) is 1.31. The molecule has 1 saturated heterocycles. The van der Waals surface area contributed by atoms with Gasteiger partial charge in [0.2, 0.25) is 5.91 Å². The number of likely N-dealkylation sites (tertiary alicyclic amines) is 1. The molecule has 3 atom stereocenters. The number of imidazole rings is 1. The first-order chi connectivity index (χ1) is 9.65. The van der Waals surface area contributed by atoms with Crippen molar-refractivity contribution < 1.29 is 4.79 Å². The number of aryl methyl sites for hydroxylation is 1. The SMILES string of the molecule is Cc1nccn1CC1CCCN1C(=O)C1CCC(N)C1. The van der Waals surface area contributed by atoms with Crippen LogP contribution in [0.15, 0.2) is 12.4 Å². The summed E-state index contributed by atoms with van der Waals surface area (Å²) in [5.41, 5.74) is 5.94. The highest BCUT2D eigenvalue weighted by atomic mass is 16.2. The van der Waals surface area contributed by atoms with E-state index in [0.717, 1.165) is 51.0 Å². The number of nitrogens with two attached hydrogens (primary N) is 1. The van der Waals surface area contributed by atoms with Crippen LogP contribution < -0.4 is 5.73 Å². The topological polar surface area (TPSA) is 64.2 Å². The van der Waals surface area contributed by atoms with Crippen LogP contribution in [0.1, 0.15) is 37.9 Å². The second-order valence-corrected chi connectivity index (χ2v) is 6.22. The van der Waals surface area contributed by atoms with Crippen LogP contribution in [0, 0.1) is 12.8 Å². The van der Waals surface area contributed by atoms with Gasteiger partial charge in [-0.25, -0.2) is 4.98 Å². The van der Waals surface area contributed by atoms with E-state index in [2.05, 4.69) is 14.5 Å². The van der Waals surface area contributed by atoms with Crippen LogP contribution in [0.2, 0.25) is 0 Å². The molecule has 2 aliphatic rings. The number of carbonyl (C=O) groups excluding carboxylic acids is 1. The van der Waals surface area contributed by atoms with Crippen molar-refractivity contribution in [3.05, 3.63) is 18.2 Å². The van der Waals surface area contributed by atoms with E-state index in [1.54, 1.807) is 0 Å². The maximum atomic E-state index is 12.7. The van der Waals surface area contributed by atoms with Crippen LogP contribution >= 0.6 is 0 Å². The number of carbonyl (C=O) groups is 1. The summed E-state index contributed by atoms with van der Waals surface area (Å²) in [7, 11) is 0. The van der Waals surface area contributed by atoms with Crippen molar-refractivity contribution >= 4 is 5.91 Å². The van der Waals surface area contributed by atoms with Crippen molar-refractivity contribution in [2.45, 2.75) is 57.7 Å². The maximum Gasteiger partial charge on any atom is 0.226 e. The molecular formula is C15H24N4O. The fourth-order valence-corrected chi connectivity index (χ4v) is 3.61. The summed E-state index contributed by atoms with van der Waals surface area (Å²) in [6.07, 6.45) is 8.87. The minimum Gasteiger partial charge on any atom is -0.338 e. The van der Waals surface area contributed by atoms with Gasteiger partial charge in [-0.2, -0.15) is 0 Å². The monoisotopic (exact) mass is 276 g/mol. The minimum atomic E-state index is 0.162. The smallest absolute Gasteiger partial charge is 0.226 e. The van der Waals surface area contributed by atoms with Crippen LogP contribution in [0.25, 0.3) is 0 Å². The fraction of sp³-hybridized carbons (Fsp3) is 0.733. The average Bonchev–Trinajstić information content (AvgIpc) is 3.13. The molecule has 5 nitrogen and oxygen atoms in total. The molecule has 1 aromatic rings. The zero-order chi connectivity index (χ0) is 14.1. The number of aromatic nitrogens is 2. The third-order valence-electron chi connectivity index (χ3n) is 4.81. The van der Waals surface area contributed by atoms with E-state index in [0.29, 0.717) is 11.9 Å². The molecule has 2 N–H and O–H groups in total. The summed E-state index contributed by atoms with van der Waals surface area (Å²) < 4.78 is 2.15. The van der Waals surface area contributed by atoms with Gasteiger partial charge < -0.3 is 15.2 Å². The molecule has 2 fully saturated rings. The molecule has 1 saturated carbocycles. The zero-order valence-electron chi connectivity index (χ0n) is 12.2. The Morgan fingerprint density at radius 3 is 2.95 bits per heavy atom. The van der Waals surface area contributed by atoms with Crippen molar-refractivity contribution in [1.82, 2.24) is 14.5 Å². The molecule has 0 aromatic carbocycles. The molecule has 3 unspecified atom stereocenters. The van der Waals surface area contributed by atoms with E-state index in [9.17, 15) is 4.79 Å². The Morgan fingerprint density at radius 2 is 2.30 bits per heavy atom. The van der Waals surface area contributed by atoms with Gasteiger partial charge in [0.15, 0.2) is 0 Å². The molecule has 1 amide bonds. The number of nitrogens with zero attached hydrogens (tertiary/aromatic N) is 3. The van der Waals surface area contributed by atoms with Crippen LogP contribution in [0.3, 0.4) is 0 Å².